The molecule has 0 saturated heterocycles. The van der Waals surface area contributed by atoms with Crippen LogP contribution in [0.2, 0.25) is 0 Å². The molecule has 2 heterocycles. The van der Waals surface area contributed by atoms with Crippen molar-refractivity contribution in [2.24, 2.45) is 35.3 Å². The smallest absolute Gasteiger partial charge is 0.267 e. The van der Waals surface area contributed by atoms with Crippen molar-refractivity contribution in [2.75, 3.05) is 42.3 Å². The Labute approximate surface area is 568 Å². The first kappa shape index (κ1) is 70.1. The number of rotatable bonds is 8. The highest BCUT2D eigenvalue weighted by molar-refractivity contribution is 7.11. The normalized spacial score (nSPS) is 30.3. The second kappa shape index (κ2) is 24.5. The number of aliphatic hydroxyl groups is 8. The SMILES string of the molecule is CN(C)[C@@H]1C(=O)C(C(N)=O)=C(O)[C@@]2(O)C(=O)C3=C(O)c4c(O)cccc4[C@@](C)(O)[C@H]3C[C@@H]12.C[C@H]1c2cccc(OP)c2C(O)=C2C(=O)[C@]3(O)C(=O)c4c(OP)noc4[C@@H](N(C)C)[C@@H]3C[C@@H]21.Cc1c2c(c(O)c3c(OP)cccc13)C(O)[C@]1(O)C(=O)c3c(OP)noc3[C@@H](N(C)C)[C@@H]1C2. The maximum Gasteiger partial charge on any atom is 0.267 e. The molecule has 6 aromatic rings. The number of benzene rings is 4. The van der Waals surface area contributed by atoms with E-state index >= 15 is 0 Å². The van der Waals surface area contributed by atoms with Gasteiger partial charge in [0.1, 0.15) is 63.1 Å². The van der Waals surface area contributed by atoms with E-state index in [1.165, 1.54) is 44.1 Å². The lowest BCUT2D eigenvalue weighted by atomic mass is 9.54. The third kappa shape index (κ3) is 9.46. The van der Waals surface area contributed by atoms with Crippen molar-refractivity contribution in [1.82, 2.24) is 25.0 Å². The molecule has 98 heavy (non-hydrogen) atoms. The van der Waals surface area contributed by atoms with Gasteiger partial charge in [0, 0.05) is 40.4 Å². The average Bonchev–Trinajstić information content (AvgIpc) is 0.981. The minimum Gasteiger partial charge on any atom is -0.508 e. The molecule has 12 N–H and O–H groups in total. The number of phenols is 2. The number of fused-ring (bicyclic) bond motifs is 11. The zero-order valence-electron chi connectivity index (χ0n) is 54.1. The zero-order valence-corrected chi connectivity index (χ0v) is 58.7. The van der Waals surface area contributed by atoms with Gasteiger partial charge in [0.2, 0.25) is 23.1 Å². The van der Waals surface area contributed by atoms with Crippen molar-refractivity contribution in [1.29, 1.82) is 0 Å². The molecule has 2 aromatic heterocycles. The molecule has 1 amide bonds. The van der Waals surface area contributed by atoms with Crippen LogP contribution in [0.25, 0.3) is 22.3 Å². The van der Waals surface area contributed by atoms with Gasteiger partial charge in [-0.3, -0.25) is 43.5 Å². The van der Waals surface area contributed by atoms with E-state index in [0.29, 0.717) is 28.0 Å². The van der Waals surface area contributed by atoms with Gasteiger partial charge in [0.15, 0.2) is 34.1 Å². The summed E-state index contributed by atoms with van der Waals surface area (Å²) >= 11 is 0. The molecular formula is C66H72N6O22P4. The molecule has 0 aliphatic heterocycles. The fraction of sp³-hybridized carbons (Fsp3) is 0.394. The number of aromatic hydroxyl groups is 2. The van der Waals surface area contributed by atoms with Crippen molar-refractivity contribution >= 4 is 95.0 Å². The first-order valence-corrected chi connectivity index (χ1v) is 32.6. The number of Topliss-reactive ketones (excluding diaryl/α,β-unsaturated/α-hetero) is 5. The van der Waals surface area contributed by atoms with E-state index in [1.54, 1.807) is 45.2 Å². The van der Waals surface area contributed by atoms with Crippen LogP contribution in [0, 0.1) is 36.5 Å². The number of aliphatic hydroxyl groups excluding tert-OH is 4. The van der Waals surface area contributed by atoms with Gasteiger partial charge in [-0.1, -0.05) is 43.3 Å². The van der Waals surface area contributed by atoms with Crippen LogP contribution in [0.5, 0.6) is 34.8 Å². The summed E-state index contributed by atoms with van der Waals surface area (Å²) in [5.41, 5.74) is -2.38. The summed E-state index contributed by atoms with van der Waals surface area (Å²) in [6.07, 6.45) is -1.41. The highest BCUT2D eigenvalue weighted by Crippen LogP contribution is 2.62. The molecule has 8 aliphatic rings. The fourth-order valence-electron chi connectivity index (χ4n) is 16.9. The minimum atomic E-state index is -2.75. The van der Waals surface area contributed by atoms with E-state index in [4.69, 9.17) is 32.9 Å². The highest BCUT2D eigenvalue weighted by atomic mass is 31.0. The van der Waals surface area contributed by atoms with Crippen LogP contribution >= 0.6 is 37.9 Å². The first-order valence-electron chi connectivity index (χ1n) is 30.7. The summed E-state index contributed by atoms with van der Waals surface area (Å²) in [5.74, 6) is -11.9. The summed E-state index contributed by atoms with van der Waals surface area (Å²) < 4.78 is 31.9. The quantitative estimate of drug-likeness (QED) is 0.0537. The van der Waals surface area contributed by atoms with E-state index < -0.39 is 139 Å². The molecule has 0 spiro atoms. The molecule has 0 radical (unpaired) electrons. The van der Waals surface area contributed by atoms with E-state index in [9.17, 15) is 79.8 Å². The summed E-state index contributed by atoms with van der Waals surface area (Å²) in [6, 6.07) is 12.6. The number of hydrogen-bond acceptors (Lipinski definition) is 27. The monoisotopic (exact) mass is 1420 g/mol. The van der Waals surface area contributed by atoms with Crippen LogP contribution in [0.1, 0.15) is 122 Å². The molecule has 2 saturated carbocycles. The number of likely N-dealkylation sites (N-methyl/N-ethyl adjacent to an activating group) is 1. The summed E-state index contributed by atoms with van der Waals surface area (Å²) in [6.45, 7) is 5.26. The van der Waals surface area contributed by atoms with Crippen LogP contribution in [0.4, 0.5) is 0 Å². The maximum absolute atomic E-state index is 13.9. The number of aryl methyl sites for hydroxylation is 1. The molecule has 0 bridgehead atoms. The van der Waals surface area contributed by atoms with Gasteiger partial charge < -0.3 is 83.9 Å². The molecule has 4 aromatic carbocycles. The molecular weight excluding hydrogens is 1350 g/mol. The Morgan fingerprint density at radius 2 is 1.17 bits per heavy atom. The van der Waals surface area contributed by atoms with Crippen molar-refractivity contribution in [3.05, 3.63) is 139 Å². The Balaban J connectivity index is 0.000000140. The lowest BCUT2D eigenvalue weighted by Gasteiger charge is -2.53. The molecule has 28 nitrogen and oxygen atoms in total. The molecule has 18 atom stereocenters. The second-order valence-electron chi connectivity index (χ2n) is 26.8. The molecule has 32 heteroatoms. The van der Waals surface area contributed by atoms with Gasteiger partial charge in [0.25, 0.3) is 17.7 Å². The van der Waals surface area contributed by atoms with Crippen molar-refractivity contribution in [2.45, 2.75) is 92.6 Å². The first-order chi connectivity index (χ1) is 46.1. The number of aromatic nitrogens is 2. The number of carbonyl (C=O) groups is 6. The van der Waals surface area contributed by atoms with E-state index in [-0.39, 0.29) is 93.4 Å². The number of ketones is 5. The Hall–Kier alpha value is -7.80. The summed E-state index contributed by atoms with van der Waals surface area (Å²) in [7, 11) is 18.4. The van der Waals surface area contributed by atoms with Crippen LogP contribution in [-0.2, 0) is 31.2 Å². The van der Waals surface area contributed by atoms with Gasteiger partial charge in [-0.05, 0) is 143 Å². The van der Waals surface area contributed by atoms with Gasteiger partial charge in [-0.2, -0.15) is 0 Å². The Morgan fingerprint density at radius 1 is 0.643 bits per heavy atom. The minimum absolute atomic E-state index is 0.0177. The summed E-state index contributed by atoms with van der Waals surface area (Å²) in [5, 5.41) is 121. The highest BCUT2D eigenvalue weighted by Gasteiger charge is 2.69. The van der Waals surface area contributed by atoms with Gasteiger partial charge in [-0.25, -0.2) is 0 Å². The molecule has 2 fully saturated rings. The second-order valence-corrected chi connectivity index (χ2v) is 27.7. The van der Waals surface area contributed by atoms with Crippen LogP contribution < -0.4 is 23.8 Å². The van der Waals surface area contributed by atoms with Crippen molar-refractivity contribution in [3.63, 3.8) is 0 Å². The number of phenolic OH excluding ortho intramolecular Hbond substituents is 2. The number of carbonyl (C=O) groups excluding carboxylic acids is 6. The number of hydrogen-bond donors (Lipinski definition) is 11. The van der Waals surface area contributed by atoms with Crippen molar-refractivity contribution in [3.8, 4) is 34.8 Å². The standard InChI is InChI=1S/C22H24N2O8.2C22H24N2O7P2/c1-21(31)8-5-4-6-11(25)12(8)16(26)13-9(21)7-10-15(24(2)3)17(27)14(20(23)30)19(29)22(10,32)18(13)28;2*1-8-9-5-4-6-12(30-32)13(9)17(25)14-10(8)7-11-16(24(2)3)18-15(21(31-33)23-29-18)20(27)22(11,28)19(14)26/h4-6,9-10,15,25-26,29,31-32H,7H2,1-3H3,(H2,23,30);4-6,11,16,19,25-26,28H,7,32-33H2,1-3H3;4-6,8,10-11,16,25,28H,7,32-33H2,1-3H3/t9-,10-,15-,21+,22-;11-,16-,19?,22-;8-,10+,11-,16-,22-/m000/s1. The number of nitrogens with two attached hydrogens (primary N) is 1. The number of nitrogens with zero attached hydrogens (tertiary/aromatic N) is 5. The van der Waals surface area contributed by atoms with E-state index in [2.05, 4.69) is 29.2 Å². The van der Waals surface area contributed by atoms with Crippen LogP contribution in [-0.4, -0.2) is 176 Å². The van der Waals surface area contributed by atoms with Gasteiger partial charge in [-0.15, -0.1) is 0 Å². The molecule has 14 rings (SSSR count). The third-order valence-corrected chi connectivity index (χ3v) is 22.4. The maximum atomic E-state index is 13.9. The van der Waals surface area contributed by atoms with Gasteiger partial charge >= 0.3 is 0 Å². The summed E-state index contributed by atoms with van der Waals surface area (Å²) in [4.78, 5) is 84.8. The molecule has 5 unspecified atom stereocenters. The number of amides is 1. The Morgan fingerprint density at radius 3 is 1.74 bits per heavy atom. The Kier molecular flexibility index (Phi) is 17.5. The average molecular weight is 1430 g/mol. The molecule has 518 valence electrons. The van der Waals surface area contributed by atoms with Crippen molar-refractivity contribution < 1.29 is 107 Å². The number of primary amides is 1. The lowest BCUT2D eigenvalue weighted by molar-refractivity contribution is -0.159. The van der Waals surface area contributed by atoms with Crippen LogP contribution in [0.3, 0.4) is 0 Å². The third-order valence-electron chi connectivity index (χ3n) is 21.5. The Bertz CT molecular complexity index is 4580. The predicted octanol–water partition coefficient (Wildman–Crippen LogP) is 5.08. The lowest BCUT2D eigenvalue weighted by Crippen LogP contribution is -2.67. The molecule has 8 aliphatic carbocycles. The van der Waals surface area contributed by atoms with Gasteiger partial charge in [0.05, 0.1) is 78.1 Å². The van der Waals surface area contributed by atoms with E-state index in [1.807, 2.05) is 61.9 Å². The van der Waals surface area contributed by atoms with Crippen LogP contribution in [0.15, 0.2) is 86.1 Å². The fourth-order valence-corrected chi connectivity index (χ4v) is 17.6. The largest absolute Gasteiger partial charge is 0.508 e. The van der Waals surface area contributed by atoms with E-state index in [0.717, 1.165) is 16.5 Å². The zero-order chi connectivity index (χ0) is 71.5. The predicted molar refractivity (Wildman–Crippen MR) is 359 cm³/mol. The topological polar surface area (TPSA) is 429 Å².